The highest BCUT2D eigenvalue weighted by atomic mass is 35.5. The van der Waals surface area contributed by atoms with E-state index in [9.17, 15) is 0 Å². The summed E-state index contributed by atoms with van der Waals surface area (Å²) in [6, 6.07) is 10.8. The van der Waals surface area contributed by atoms with Crippen LogP contribution in [-0.4, -0.2) is 22.8 Å². The van der Waals surface area contributed by atoms with Gasteiger partial charge < -0.3 is 21.3 Å². The van der Waals surface area contributed by atoms with Crippen LogP contribution in [0.4, 0.5) is 11.4 Å². The molecule has 0 heterocycles. The Morgan fingerprint density at radius 3 is 1.91 bits per heavy atom. The molecule has 3 rings (SSSR count). The fourth-order valence-electron chi connectivity index (χ4n) is 4.86. The van der Waals surface area contributed by atoms with E-state index in [1.165, 1.54) is 0 Å². The number of anilines is 2. The van der Waals surface area contributed by atoms with Gasteiger partial charge in [-0.2, -0.15) is 0 Å². The number of hydrogen-bond donors (Lipinski definition) is 4. The van der Waals surface area contributed by atoms with Crippen molar-refractivity contribution < 1.29 is 0 Å². The van der Waals surface area contributed by atoms with E-state index in [4.69, 9.17) is 70.8 Å². The minimum absolute atomic E-state index is 0.00246. The van der Waals surface area contributed by atoms with Crippen molar-refractivity contribution in [3.8, 4) is 0 Å². The highest BCUT2D eigenvalue weighted by molar-refractivity contribution is 7.80. The molecule has 34 heavy (non-hydrogen) atoms. The van der Waals surface area contributed by atoms with Gasteiger partial charge in [-0.3, -0.25) is 0 Å². The zero-order chi connectivity index (χ0) is 25.1. The predicted molar refractivity (Wildman–Crippen MR) is 156 cm³/mol. The van der Waals surface area contributed by atoms with E-state index in [0.717, 1.165) is 37.2 Å². The zero-order valence-corrected chi connectivity index (χ0v) is 23.9. The van der Waals surface area contributed by atoms with Crippen molar-refractivity contribution >= 4 is 92.4 Å². The molecule has 0 aromatic heterocycles. The fraction of sp³-hybridized carbons (Fsp3) is 0.417. The maximum atomic E-state index is 6.28. The molecule has 0 saturated heterocycles. The van der Waals surface area contributed by atoms with Crippen molar-refractivity contribution in [2.75, 3.05) is 17.2 Å². The zero-order valence-electron chi connectivity index (χ0n) is 19.2. The van der Waals surface area contributed by atoms with E-state index in [1.54, 1.807) is 24.3 Å². The molecule has 0 spiro atoms. The largest absolute Gasteiger partial charge is 0.362 e. The standard InChI is InChI=1S/C24H28Cl4N4S2/c1-23(2)10-16(30-22(34)32-20-7-5-15(26)9-18(20)28)11-24(3,12-23)13-29-21(33)31-19-6-4-14(25)8-17(19)27/h4-9,16H,10-13H2,1-3H3,(H2,29,31,33)(H2,30,32,34)/t16-,24+/m1/s1. The summed E-state index contributed by atoms with van der Waals surface area (Å²) in [5, 5.41) is 16.5. The first-order valence-electron chi connectivity index (χ1n) is 10.9. The van der Waals surface area contributed by atoms with Gasteiger partial charge in [0.05, 0.1) is 21.4 Å². The Hall–Kier alpha value is -1.02. The normalized spacial score (nSPS) is 21.4. The SMILES string of the molecule is CC1(C)C[C@@H](NC(=S)Nc2ccc(Cl)cc2Cl)C[C@](C)(CNC(=S)Nc2ccc(Cl)cc2Cl)C1. The van der Waals surface area contributed by atoms with E-state index in [0.29, 0.717) is 30.3 Å². The van der Waals surface area contributed by atoms with Crippen molar-refractivity contribution in [1.29, 1.82) is 0 Å². The Labute approximate surface area is 232 Å². The van der Waals surface area contributed by atoms with E-state index in [2.05, 4.69) is 42.0 Å². The molecular weight excluding hydrogens is 550 g/mol. The summed E-state index contributed by atoms with van der Waals surface area (Å²) in [7, 11) is 0. The molecule has 2 aromatic carbocycles. The van der Waals surface area contributed by atoms with Crippen LogP contribution in [0.15, 0.2) is 36.4 Å². The average molecular weight is 578 g/mol. The van der Waals surface area contributed by atoms with E-state index >= 15 is 0 Å². The Kier molecular flexibility index (Phi) is 9.21. The van der Waals surface area contributed by atoms with Gasteiger partial charge in [0.15, 0.2) is 10.2 Å². The number of benzene rings is 2. The number of halogens is 4. The van der Waals surface area contributed by atoms with Crippen molar-refractivity contribution in [3.63, 3.8) is 0 Å². The van der Waals surface area contributed by atoms with Gasteiger partial charge in [0.25, 0.3) is 0 Å². The first kappa shape index (κ1) is 27.6. The molecule has 2 atom stereocenters. The Morgan fingerprint density at radius 2 is 1.38 bits per heavy atom. The minimum atomic E-state index is 0.00246. The topological polar surface area (TPSA) is 48.1 Å². The first-order valence-corrected chi connectivity index (χ1v) is 13.2. The number of rotatable bonds is 5. The first-order chi connectivity index (χ1) is 15.8. The summed E-state index contributed by atoms with van der Waals surface area (Å²) in [5.74, 6) is 0. The summed E-state index contributed by atoms with van der Waals surface area (Å²) in [6.45, 7) is 7.57. The molecule has 10 heteroatoms. The third-order valence-electron chi connectivity index (χ3n) is 5.81. The molecule has 1 aliphatic carbocycles. The van der Waals surface area contributed by atoms with Crippen LogP contribution in [0.5, 0.6) is 0 Å². The van der Waals surface area contributed by atoms with Crippen LogP contribution in [0.25, 0.3) is 0 Å². The molecule has 0 bridgehead atoms. The third kappa shape index (κ3) is 8.00. The maximum absolute atomic E-state index is 6.28. The molecule has 0 radical (unpaired) electrons. The summed E-state index contributed by atoms with van der Waals surface area (Å²) < 4.78 is 0. The highest BCUT2D eigenvalue weighted by Gasteiger charge is 2.41. The van der Waals surface area contributed by atoms with Crippen LogP contribution in [0, 0.1) is 10.8 Å². The van der Waals surface area contributed by atoms with Gasteiger partial charge in [0.1, 0.15) is 0 Å². The Balaban J connectivity index is 1.59. The van der Waals surface area contributed by atoms with Crippen molar-refractivity contribution in [1.82, 2.24) is 10.6 Å². The minimum Gasteiger partial charge on any atom is -0.362 e. The molecule has 0 amide bonds. The fourth-order valence-corrected chi connectivity index (χ4v) is 6.23. The molecule has 4 N–H and O–H groups in total. The second kappa shape index (κ2) is 11.4. The lowest BCUT2D eigenvalue weighted by molar-refractivity contribution is 0.0807. The van der Waals surface area contributed by atoms with E-state index in [1.807, 2.05) is 12.1 Å². The highest BCUT2D eigenvalue weighted by Crippen LogP contribution is 2.45. The van der Waals surface area contributed by atoms with Gasteiger partial charge in [-0.25, -0.2) is 0 Å². The molecule has 1 saturated carbocycles. The van der Waals surface area contributed by atoms with Crippen LogP contribution < -0.4 is 21.3 Å². The van der Waals surface area contributed by atoms with Crippen LogP contribution in [-0.2, 0) is 0 Å². The number of thiocarbonyl (C=S) groups is 2. The molecule has 1 fully saturated rings. The average Bonchev–Trinajstić information content (AvgIpc) is 2.69. The Bertz CT molecular complexity index is 1080. The van der Waals surface area contributed by atoms with Gasteiger partial charge in [-0.1, -0.05) is 67.2 Å². The van der Waals surface area contributed by atoms with Crippen LogP contribution >= 0.6 is 70.8 Å². The lowest BCUT2D eigenvalue weighted by Crippen LogP contribution is -2.51. The van der Waals surface area contributed by atoms with Gasteiger partial charge in [-0.15, -0.1) is 0 Å². The molecule has 2 aromatic rings. The second-order valence-electron chi connectivity index (χ2n) is 9.91. The molecule has 0 unspecified atom stereocenters. The van der Waals surface area contributed by atoms with Gasteiger partial charge >= 0.3 is 0 Å². The third-order valence-corrected chi connectivity index (χ3v) is 7.38. The lowest BCUT2D eigenvalue weighted by Gasteiger charge is -2.47. The van der Waals surface area contributed by atoms with E-state index in [-0.39, 0.29) is 16.9 Å². The predicted octanol–water partition coefficient (Wildman–Crippen LogP) is 8.16. The van der Waals surface area contributed by atoms with E-state index < -0.39 is 0 Å². The molecule has 0 aliphatic heterocycles. The molecular formula is C24H28Cl4N4S2. The van der Waals surface area contributed by atoms with Crippen LogP contribution in [0.2, 0.25) is 20.1 Å². The number of hydrogen-bond acceptors (Lipinski definition) is 2. The Morgan fingerprint density at radius 1 is 0.853 bits per heavy atom. The summed E-state index contributed by atoms with van der Waals surface area (Å²) in [4.78, 5) is 0. The summed E-state index contributed by atoms with van der Waals surface area (Å²) in [6.07, 6.45) is 2.99. The van der Waals surface area contributed by atoms with Crippen molar-refractivity contribution in [2.24, 2.45) is 10.8 Å². The molecule has 4 nitrogen and oxygen atoms in total. The smallest absolute Gasteiger partial charge is 0.171 e. The van der Waals surface area contributed by atoms with Crippen molar-refractivity contribution in [2.45, 2.75) is 46.1 Å². The molecule has 1 aliphatic rings. The van der Waals surface area contributed by atoms with Crippen molar-refractivity contribution in [3.05, 3.63) is 56.5 Å². The number of nitrogens with one attached hydrogen (secondary N) is 4. The van der Waals surface area contributed by atoms with Gasteiger partial charge in [0.2, 0.25) is 0 Å². The van der Waals surface area contributed by atoms with Crippen LogP contribution in [0.3, 0.4) is 0 Å². The van der Waals surface area contributed by atoms with Gasteiger partial charge in [-0.05, 0) is 90.9 Å². The summed E-state index contributed by atoms with van der Waals surface area (Å²) in [5.41, 5.74) is 1.58. The second-order valence-corrected chi connectivity index (χ2v) is 12.4. The summed E-state index contributed by atoms with van der Waals surface area (Å²) >= 11 is 35.6. The lowest BCUT2D eigenvalue weighted by atomic mass is 9.62. The quantitative estimate of drug-likeness (QED) is 0.269. The van der Waals surface area contributed by atoms with Gasteiger partial charge in [0, 0.05) is 22.6 Å². The monoisotopic (exact) mass is 576 g/mol. The molecule has 184 valence electrons. The van der Waals surface area contributed by atoms with Crippen LogP contribution in [0.1, 0.15) is 40.0 Å². The maximum Gasteiger partial charge on any atom is 0.171 e.